The van der Waals surface area contributed by atoms with Crippen molar-refractivity contribution in [1.82, 2.24) is 0 Å². The lowest BCUT2D eigenvalue weighted by atomic mass is 9.80. The predicted molar refractivity (Wildman–Crippen MR) is 51.8 cm³/mol. The van der Waals surface area contributed by atoms with Gasteiger partial charge in [0.05, 0.1) is 12.2 Å². The van der Waals surface area contributed by atoms with Crippen LogP contribution in [0.3, 0.4) is 0 Å². The number of hydrogen-bond donors (Lipinski definition) is 3. The first-order chi connectivity index (χ1) is 6.25. The molecule has 4 nitrogen and oxygen atoms in total. The van der Waals surface area contributed by atoms with Gasteiger partial charge in [0.15, 0.2) is 0 Å². The van der Waals surface area contributed by atoms with Gasteiger partial charge in [-0.05, 0) is 12.3 Å². The molecule has 0 saturated carbocycles. The molecule has 0 bridgehead atoms. The molecule has 4 heteroatoms. The van der Waals surface area contributed by atoms with Crippen molar-refractivity contribution in [2.24, 2.45) is 5.41 Å². The van der Waals surface area contributed by atoms with Crippen LogP contribution in [-0.4, -0.2) is 45.8 Å². The Kier molecular flexibility index (Phi) is 3.21. The Hall–Kier alpha value is -0.160. The van der Waals surface area contributed by atoms with Crippen LogP contribution in [0.25, 0.3) is 0 Å². The van der Waals surface area contributed by atoms with Crippen LogP contribution in [0.4, 0.5) is 0 Å². The molecule has 1 aliphatic heterocycles. The maximum absolute atomic E-state index is 9.73. The van der Waals surface area contributed by atoms with E-state index in [2.05, 4.69) is 0 Å². The Morgan fingerprint density at radius 3 is 1.86 bits per heavy atom. The van der Waals surface area contributed by atoms with Crippen molar-refractivity contribution < 1.29 is 20.1 Å². The van der Waals surface area contributed by atoms with E-state index in [1.807, 2.05) is 20.8 Å². The zero-order valence-corrected chi connectivity index (χ0v) is 9.14. The van der Waals surface area contributed by atoms with Crippen LogP contribution in [-0.2, 0) is 4.74 Å². The molecule has 0 aromatic carbocycles. The fraction of sp³-hybridized carbons (Fsp3) is 1.00. The van der Waals surface area contributed by atoms with Crippen molar-refractivity contribution in [3.8, 4) is 0 Å². The van der Waals surface area contributed by atoms with E-state index in [0.29, 0.717) is 0 Å². The van der Waals surface area contributed by atoms with E-state index < -0.39 is 30.5 Å². The quantitative estimate of drug-likeness (QED) is 0.515. The molecule has 0 amide bonds. The second-order valence-electron chi connectivity index (χ2n) is 5.10. The first-order valence-corrected chi connectivity index (χ1v) is 4.95. The molecule has 14 heavy (non-hydrogen) atoms. The summed E-state index contributed by atoms with van der Waals surface area (Å²) in [7, 11) is 0. The largest absolute Gasteiger partial charge is 0.388 e. The average molecular weight is 204 g/mol. The lowest BCUT2D eigenvalue weighted by Crippen LogP contribution is -2.59. The molecule has 0 aromatic heterocycles. The molecule has 0 spiro atoms. The molecule has 1 heterocycles. The summed E-state index contributed by atoms with van der Waals surface area (Å²) in [5.74, 6) is 0. The molecule has 0 radical (unpaired) electrons. The average Bonchev–Trinajstić information content (AvgIpc) is 2.06. The highest BCUT2D eigenvalue weighted by atomic mass is 16.5. The fourth-order valence-electron chi connectivity index (χ4n) is 1.77. The molecule has 3 N–H and O–H groups in total. The van der Waals surface area contributed by atoms with Crippen molar-refractivity contribution >= 4 is 0 Å². The number of aliphatic hydroxyl groups is 3. The summed E-state index contributed by atoms with van der Waals surface area (Å²) in [6.45, 7) is 7.48. The van der Waals surface area contributed by atoms with E-state index in [1.54, 1.807) is 6.92 Å². The number of aliphatic hydroxyl groups excluding tert-OH is 3. The monoisotopic (exact) mass is 204 g/mol. The lowest BCUT2D eigenvalue weighted by Gasteiger charge is -2.44. The van der Waals surface area contributed by atoms with Crippen LogP contribution in [0.2, 0.25) is 0 Å². The molecule has 1 saturated heterocycles. The molecule has 5 atom stereocenters. The van der Waals surface area contributed by atoms with E-state index in [-0.39, 0.29) is 5.41 Å². The molecule has 0 aliphatic carbocycles. The summed E-state index contributed by atoms with van der Waals surface area (Å²) in [5.41, 5.74) is -0.255. The molecular weight excluding hydrogens is 184 g/mol. The molecule has 1 fully saturated rings. The molecule has 84 valence electrons. The first kappa shape index (κ1) is 11.9. The van der Waals surface area contributed by atoms with Gasteiger partial charge < -0.3 is 20.1 Å². The Labute approximate surface area is 84.5 Å². The van der Waals surface area contributed by atoms with Gasteiger partial charge in [-0.15, -0.1) is 0 Å². The summed E-state index contributed by atoms with van der Waals surface area (Å²) in [5, 5.41) is 28.8. The Balaban J connectivity index is 2.81. The number of hydrogen-bond acceptors (Lipinski definition) is 4. The summed E-state index contributed by atoms with van der Waals surface area (Å²) in [6, 6.07) is 0. The van der Waals surface area contributed by atoms with Crippen molar-refractivity contribution in [1.29, 1.82) is 0 Å². The van der Waals surface area contributed by atoms with E-state index >= 15 is 0 Å². The first-order valence-electron chi connectivity index (χ1n) is 4.95. The maximum atomic E-state index is 9.73. The topological polar surface area (TPSA) is 69.9 Å². The molecule has 1 rings (SSSR count). The van der Waals surface area contributed by atoms with Gasteiger partial charge in [-0.25, -0.2) is 0 Å². The van der Waals surface area contributed by atoms with Crippen LogP contribution in [0, 0.1) is 5.41 Å². The number of rotatable bonds is 0. The van der Waals surface area contributed by atoms with Crippen LogP contribution in [0.5, 0.6) is 0 Å². The second kappa shape index (κ2) is 3.77. The smallest absolute Gasteiger partial charge is 0.111 e. The van der Waals surface area contributed by atoms with Gasteiger partial charge >= 0.3 is 0 Å². The number of ether oxygens (including phenoxy) is 1. The van der Waals surface area contributed by atoms with Crippen molar-refractivity contribution in [2.75, 3.05) is 0 Å². The summed E-state index contributed by atoms with van der Waals surface area (Å²) < 4.78 is 5.49. The van der Waals surface area contributed by atoms with Crippen LogP contribution in [0.1, 0.15) is 27.7 Å². The van der Waals surface area contributed by atoms with Crippen molar-refractivity contribution in [3.63, 3.8) is 0 Å². The highest BCUT2D eigenvalue weighted by molar-refractivity contribution is 4.95. The minimum atomic E-state index is -1.12. The SMILES string of the molecule is CC1O[C@@H](C(C)(C)C)C(O)[C@@H](O)[C@@H]1O. The Morgan fingerprint density at radius 2 is 1.43 bits per heavy atom. The Bertz CT molecular complexity index is 199. The fourth-order valence-corrected chi connectivity index (χ4v) is 1.77. The molecule has 0 aromatic rings. The summed E-state index contributed by atoms with van der Waals surface area (Å²) in [4.78, 5) is 0. The molecule has 1 aliphatic rings. The van der Waals surface area contributed by atoms with E-state index in [4.69, 9.17) is 4.74 Å². The van der Waals surface area contributed by atoms with Crippen molar-refractivity contribution in [2.45, 2.75) is 58.2 Å². The second-order valence-corrected chi connectivity index (χ2v) is 5.10. The van der Waals surface area contributed by atoms with Crippen LogP contribution < -0.4 is 0 Å². The van der Waals surface area contributed by atoms with Gasteiger partial charge in [0.2, 0.25) is 0 Å². The van der Waals surface area contributed by atoms with Crippen molar-refractivity contribution in [3.05, 3.63) is 0 Å². The minimum Gasteiger partial charge on any atom is -0.388 e. The normalized spacial score (nSPS) is 45.2. The van der Waals surface area contributed by atoms with Gasteiger partial charge in [-0.2, -0.15) is 0 Å². The minimum absolute atomic E-state index is 0.255. The zero-order valence-electron chi connectivity index (χ0n) is 9.14. The van der Waals surface area contributed by atoms with Crippen LogP contribution >= 0.6 is 0 Å². The summed E-state index contributed by atoms with van der Waals surface area (Å²) >= 11 is 0. The predicted octanol–water partition coefficient (Wildman–Crippen LogP) is -0.0975. The van der Waals surface area contributed by atoms with Gasteiger partial charge in [0.1, 0.15) is 18.3 Å². The highest BCUT2D eigenvalue weighted by Crippen LogP contribution is 2.32. The van der Waals surface area contributed by atoms with E-state index in [9.17, 15) is 15.3 Å². The van der Waals surface area contributed by atoms with Crippen LogP contribution in [0.15, 0.2) is 0 Å². The molecule has 2 unspecified atom stereocenters. The maximum Gasteiger partial charge on any atom is 0.111 e. The third-order valence-electron chi connectivity index (χ3n) is 2.71. The van der Waals surface area contributed by atoms with Gasteiger partial charge in [0, 0.05) is 0 Å². The van der Waals surface area contributed by atoms with E-state index in [1.165, 1.54) is 0 Å². The lowest BCUT2D eigenvalue weighted by molar-refractivity contribution is -0.239. The highest BCUT2D eigenvalue weighted by Gasteiger charge is 2.46. The Morgan fingerprint density at radius 1 is 0.929 bits per heavy atom. The van der Waals surface area contributed by atoms with Gasteiger partial charge in [-0.3, -0.25) is 0 Å². The summed E-state index contributed by atoms with van der Waals surface area (Å²) in [6.07, 6.45) is -4.05. The van der Waals surface area contributed by atoms with Gasteiger partial charge in [0.25, 0.3) is 0 Å². The third kappa shape index (κ3) is 2.08. The van der Waals surface area contributed by atoms with E-state index in [0.717, 1.165) is 0 Å². The standard InChI is InChI=1S/C10H20O4/c1-5-6(11)7(12)8(13)9(14-5)10(2,3)4/h5-9,11-13H,1-4H3/t5?,6-,7+,8?,9-/m1/s1. The zero-order chi connectivity index (χ0) is 11.1. The molecular formula is C10H20O4. The van der Waals surface area contributed by atoms with Gasteiger partial charge in [-0.1, -0.05) is 20.8 Å². The third-order valence-corrected chi connectivity index (χ3v) is 2.71.